The van der Waals surface area contributed by atoms with Crippen LogP contribution in [-0.4, -0.2) is 47.8 Å². The molecule has 0 aliphatic carbocycles. The summed E-state index contributed by atoms with van der Waals surface area (Å²) in [5.74, 6) is 0.162. The van der Waals surface area contributed by atoms with E-state index in [1.54, 1.807) is 29.0 Å². The van der Waals surface area contributed by atoms with Gasteiger partial charge in [0, 0.05) is 13.1 Å². The fourth-order valence-corrected chi connectivity index (χ4v) is 2.01. The number of nitrogens with two attached hydrogens (primary N) is 1. The van der Waals surface area contributed by atoms with E-state index in [0.29, 0.717) is 17.0 Å². The second kappa shape index (κ2) is 7.44. The van der Waals surface area contributed by atoms with Crippen molar-refractivity contribution >= 4 is 27.7 Å². The number of hydrogen-bond donors (Lipinski definition) is 1. The molecular formula is C13H20BrN3O3. The van der Waals surface area contributed by atoms with Gasteiger partial charge < -0.3 is 15.1 Å². The van der Waals surface area contributed by atoms with Gasteiger partial charge in [-0.2, -0.15) is 0 Å². The molecule has 0 atom stereocenters. The van der Waals surface area contributed by atoms with E-state index in [1.165, 1.54) is 0 Å². The highest BCUT2D eigenvalue weighted by molar-refractivity contribution is 9.10. The Labute approximate surface area is 127 Å². The smallest absolute Gasteiger partial charge is 0.236 e. The molecule has 0 aliphatic heterocycles. The molecule has 0 radical (unpaired) electrons. The third-order valence-corrected chi connectivity index (χ3v) is 3.30. The highest BCUT2D eigenvalue weighted by Gasteiger charge is 2.19. The molecular weight excluding hydrogens is 326 g/mol. The van der Waals surface area contributed by atoms with Crippen LogP contribution in [-0.2, 0) is 16.1 Å². The molecule has 1 aromatic heterocycles. The van der Waals surface area contributed by atoms with Gasteiger partial charge in [-0.05, 0) is 41.9 Å². The van der Waals surface area contributed by atoms with Crippen molar-refractivity contribution in [1.29, 1.82) is 0 Å². The summed E-state index contributed by atoms with van der Waals surface area (Å²) >= 11 is 3.22. The average Bonchev–Trinajstić information content (AvgIpc) is 2.72. The highest BCUT2D eigenvalue weighted by Crippen LogP contribution is 2.15. The van der Waals surface area contributed by atoms with Gasteiger partial charge in [-0.25, -0.2) is 0 Å². The zero-order valence-corrected chi connectivity index (χ0v) is 13.5. The Kier molecular flexibility index (Phi) is 6.22. The van der Waals surface area contributed by atoms with Gasteiger partial charge in [-0.15, -0.1) is 0 Å². The molecule has 0 saturated heterocycles. The molecule has 7 heteroatoms. The number of carbonyl (C=O) groups is 2. The van der Waals surface area contributed by atoms with Gasteiger partial charge in [0.1, 0.15) is 5.76 Å². The number of furan rings is 1. The van der Waals surface area contributed by atoms with Crippen LogP contribution in [0.15, 0.2) is 21.2 Å². The summed E-state index contributed by atoms with van der Waals surface area (Å²) in [5, 5.41) is 0. The van der Waals surface area contributed by atoms with Gasteiger partial charge in [-0.1, -0.05) is 0 Å². The molecule has 0 aromatic carbocycles. The van der Waals surface area contributed by atoms with Crippen LogP contribution in [0.3, 0.4) is 0 Å². The number of nitrogens with zero attached hydrogens (tertiary/aromatic N) is 2. The molecule has 1 rings (SSSR count). The van der Waals surface area contributed by atoms with E-state index in [9.17, 15) is 9.59 Å². The van der Waals surface area contributed by atoms with E-state index >= 15 is 0 Å². The molecule has 0 spiro atoms. The van der Waals surface area contributed by atoms with Crippen LogP contribution < -0.4 is 5.73 Å². The van der Waals surface area contributed by atoms with E-state index in [0.717, 1.165) is 0 Å². The Bertz CT molecular complexity index is 473. The molecule has 0 unspecified atom stereocenters. The Morgan fingerprint density at radius 3 is 2.45 bits per heavy atom. The van der Waals surface area contributed by atoms with Crippen molar-refractivity contribution in [2.75, 3.05) is 20.1 Å². The van der Waals surface area contributed by atoms with E-state index in [1.807, 2.05) is 13.8 Å². The van der Waals surface area contributed by atoms with Crippen LogP contribution in [0.2, 0.25) is 0 Å². The van der Waals surface area contributed by atoms with Crippen molar-refractivity contribution in [3.8, 4) is 0 Å². The predicted octanol–water partition coefficient (Wildman–Crippen LogP) is 1.20. The molecule has 6 nitrogen and oxygen atoms in total. The minimum absolute atomic E-state index is 0.0672. The maximum Gasteiger partial charge on any atom is 0.236 e. The second-order valence-electron chi connectivity index (χ2n) is 4.92. The van der Waals surface area contributed by atoms with Gasteiger partial charge in [0.05, 0.1) is 19.6 Å². The van der Waals surface area contributed by atoms with Crippen LogP contribution in [0.4, 0.5) is 0 Å². The van der Waals surface area contributed by atoms with E-state index in [-0.39, 0.29) is 25.0 Å². The number of primary amides is 1. The zero-order chi connectivity index (χ0) is 15.3. The van der Waals surface area contributed by atoms with Gasteiger partial charge in [0.15, 0.2) is 4.67 Å². The van der Waals surface area contributed by atoms with Crippen LogP contribution in [0.25, 0.3) is 0 Å². The SMILES string of the molecule is CC(C)N(CC(N)=O)CC(=O)N(C)Cc1ccc(Br)o1. The second-order valence-corrected chi connectivity index (χ2v) is 5.70. The first kappa shape index (κ1) is 16.7. The first-order valence-electron chi connectivity index (χ1n) is 6.30. The van der Waals surface area contributed by atoms with Crippen LogP contribution in [0.1, 0.15) is 19.6 Å². The molecule has 0 bridgehead atoms. The van der Waals surface area contributed by atoms with Crippen molar-refractivity contribution in [3.63, 3.8) is 0 Å². The van der Waals surface area contributed by atoms with Gasteiger partial charge in [0.2, 0.25) is 11.8 Å². The predicted molar refractivity (Wildman–Crippen MR) is 78.8 cm³/mol. The summed E-state index contributed by atoms with van der Waals surface area (Å²) in [6, 6.07) is 3.65. The molecule has 0 fully saturated rings. The van der Waals surface area contributed by atoms with Gasteiger partial charge in [-0.3, -0.25) is 14.5 Å². The molecule has 0 aliphatic rings. The number of hydrogen-bond acceptors (Lipinski definition) is 4. The lowest BCUT2D eigenvalue weighted by Crippen LogP contribution is -2.45. The van der Waals surface area contributed by atoms with Crippen molar-refractivity contribution in [2.24, 2.45) is 5.73 Å². The van der Waals surface area contributed by atoms with Gasteiger partial charge >= 0.3 is 0 Å². The summed E-state index contributed by atoms with van der Waals surface area (Å²) in [5.41, 5.74) is 5.18. The number of amides is 2. The molecule has 112 valence electrons. The van der Waals surface area contributed by atoms with Gasteiger partial charge in [0.25, 0.3) is 0 Å². The van der Waals surface area contributed by atoms with Crippen LogP contribution in [0.5, 0.6) is 0 Å². The lowest BCUT2D eigenvalue weighted by molar-refractivity contribution is -0.133. The van der Waals surface area contributed by atoms with Crippen molar-refractivity contribution < 1.29 is 14.0 Å². The van der Waals surface area contributed by atoms with E-state index in [4.69, 9.17) is 10.2 Å². The zero-order valence-electron chi connectivity index (χ0n) is 11.9. The summed E-state index contributed by atoms with van der Waals surface area (Å²) in [6.45, 7) is 4.44. The number of carbonyl (C=O) groups excluding carboxylic acids is 2. The minimum atomic E-state index is -0.441. The Morgan fingerprint density at radius 1 is 1.35 bits per heavy atom. The fourth-order valence-electron chi connectivity index (χ4n) is 1.67. The summed E-state index contributed by atoms with van der Waals surface area (Å²) in [7, 11) is 1.70. The Hall–Kier alpha value is -1.34. The third-order valence-electron chi connectivity index (χ3n) is 2.88. The van der Waals surface area contributed by atoms with Crippen molar-refractivity contribution in [3.05, 3.63) is 22.6 Å². The summed E-state index contributed by atoms with van der Waals surface area (Å²) in [4.78, 5) is 26.4. The van der Waals surface area contributed by atoms with E-state index < -0.39 is 5.91 Å². The summed E-state index contributed by atoms with van der Waals surface area (Å²) < 4.78 is 5.99. The quantitative estimate of drug-likeness (QED) is 0.805. The first-order chi connectivity index (χ1) is 9.29. The maximum atomic E-state index is 12.1. The Morgan fingerprint density at radius 2 is 2.00 bits per heavy atom. The maximum absolute atomic E-state index is 12.1. The molecule has 2 amide bonds. The molecule has 1 aromatic rings. The molecule has 0 saturated carbocycles. The van der Waals surface area contributed by atoms with Crippen LogP contribution >= 0.6 is 15.9 Å². The first-order valence-corrected chi connectivity index (χ1v) is 7.09. The highest BCUT2D eigenvalue weighted by atomic mass is 79.9. The lowest BCUT2D eigenvalue weighted by atomic mass is 10.3. The summed E-state index contributed by atoms with van der Waals surface area (Å²) in [6.07, 6.45) is 0. The Balaban J connectivity index is 2.57. The average molecular weight is 346 g/mol. The minimum Gasteiger partial charge on any atom is -0.452 e. The normalized spacial score (nSPS) is 11.1. The molecule has 2 N–H and O–H groups in total. The van der Waals surface area contributed by atoms with E-state index in [2.05, 4.69) is 15.9 Å². The molecule has 1 heterocycles. The third kappa shape index (κ3) is 5.34. The lowest BCUT2D eigenvalue weighted by Gasteiger charge is -2.26. The number of likely N-dealkylation sites (N-methyl/N-ethyl adjacent to an activating group) is 1. The van der Waals surface area contributed by atoms with Crippen molar-refractivity contribution in [1.82, 2.24) is 9.80 Å². The fraction of sp³-hybridized carbons (Fsp3) is 0.538. The monoisotopic (exact) mass is 345 g/mol. The van der Waals surface area contributed by atoms with Crippen LogP contribution in [0, 0.1) is 0 Å². The largest absolute Gasteiger partial charge is 0.452 e. The van der Waals surface area contributed by atoms with Crippen molar-refractivity contribution in [2.45, 2.75) is 26.4 Å². The standard InChI is InChI=1S/C13H20BrN3O3/c1-9(2)17(7-12(15)18)8-13(19)16(3)6-10-4-5-11(14)20-10/h4-5,9H,6-8H2,1-3H3,(H2,15,18). The topological polar surface area (TPSA) is 79.8 Å². The number of rotatable bonds is 7. The number of halogens is 1. The molecule has 20 heavy (non-hydrogen) atoms.